The average Bonchev–Trinajstić information content (AvgIpc) is 2.93. The Bertz CT molecular complexity index is 714. The lowest BCUT2D eigenvalue weighted by Gasteiger charge is -2.00. The Morgan fingerprint density at radius 2 is 2.22 bits per heavy atom. The number of fused-ring (bicyclic) bond motifs is 1. The number of benzene rings is 1. The lowest BCUT2D eigenvalue weighted by atomic mass is 10.2. The van der Waals surface area contributed by atoms with Gasteiger partial charge in [-0.05, 0) is 33.6 Å². The van der Waals surface area contributed by atoms with E-state index in [0.29, 0.717) is 11.2 Å². The monoisotopic (exact) mass is 305 g/mol. The second-order valence-corrected chi connectivity index (χ2v) is 4.81. The molecular formula is C13H12BrN3O. The van der Waals surface area contributed by atoms with Crippen LogP contribution in [0.25, 0.3) is 22.4 Å². The third-order valence-electron chi connectivity index (χ3n) is 3.07. The number of nitrogens with zero attached hydrogens (tertiary/aromatic N) is 2. The first-order chi connectivity index (χ1) is 8.72. The first-order valence-electron chi connectivity index (χ1n) is 5.60. The summed E-state index contributed by atoms with van der Waals surface area (Å²) in [6.45, 7) is 0.486. The molecule has 2 heterocycles. The molecule has 0 bridgehead atoms. The fourth-order valence-electron chi connectivity index (χ4n) is 2.13. The Morgan fingerprint density at radius 1 is 1.39 bits per heavy atom. The lowest BCUT2D eigenvalue weighted by Crippen LogP contribution is -1.97. The van der Waals surface area contributed by atoms with Crippen molar-refractivity contribution in [1.82, 2.24) is 9.55 Å². The van der Waals surface area contributed by atoms with Crippen LogP contribution in [0.1, 0.15) is 5.56 Å². The Kier molecular flexibility index (Phi) is 2.72. The van der Waals surface area contributed by atoms with Crippen molar-refractivity contribution in [3.63, 3.8) is 0 Å². The molecule has 0 saturated carbocycles. The van der Waals surface area contributed by atoms with Gasteiger partial charge in [0.25, 0.3) is 0 Å². The van der Waals surface area contributed by atoms with Crippen molar-refractivity contribution >= 4 is 27.0 Å². The van der Waals surface area contributed by atoms with Crippen LogP contribution in [0.4, 0.5) is 0 Å². The van der Waals surface area contributed by atoms with Gasteiger partial charge in [0.05, 0.1) is 22.9 Å². The summed E-state index contributed by atoms with van der Waals surface area (Å²) < 4.78 is 8.00. The largest absolute Gasteiger partial charge is 0.457 e. The molecule has 0 aliphatic rings. The zero-order valence-electron chi connectivity index (χ0n) is 9.85. The molecule has 1 aromatic carbocycles. The number of nitrogens with two attached hydrogens (primary N) is 1. The van der Waals surface area contributed by atoms with E-state index in [0.717, 1.165) is 28.0 Å². The molecule has 4 nitrogen and oxygen atoms in total. The fourth-order valence-corrected chi connectivity index (χ4v) is 2.55. The number of imidazole rings is 1. The van der Waals surface area contributed by atoms with Gasteiger partial charge in [-0.3, -0.25) is 0 Å². The maximum Gasteiger partial charge on any atom is 0.179 e. The number of furan rings is 1. The van der Waals surface area contributed by atoms with Crippen molar-refractivity contribution in [1.29, 1.82) is 0 Å². The molecule has 0 aliphatic carbocycles. The topological polar surface area (TPSA) is 57.0 Å². The highest BCUT2D eigenvalue weighted by molar-refractivity contribution is 9.10. The molecule has 0 unspecified atom stereocenters. The van der Waals surface area contributed by atoms with Crippen molar-refractivity contribution in [3.8, 4) is 11.4 Å². The van der Waals surface area contributed by atoms with Crippen molar-refractivity contribution < 1.29 is 4.42 Å². The maximum atomic E-state index is 5.75. The van der Waals surface area contributed by atoms with Crippen LogP contribution < -0.4 is 5.73 Å². The number of para-hydroxylation sites is 1. The molecule has 18 heavy (non-hydrogen) atoms. The summed E-state index contributed by atoms with van der Waals surface area (Å²) in [6.07, 6.45) is 1.64. The van der Waals surface area contributed by atoms with Gasteiger partial charge in [-0.25, -0.2) is 4.98 Å². The molecular weight excluding hydrogens is 294 g/mol. The summed E-state index contributed by atoms with van der Waals surface area (Å²) in [5, 5.41) is 0. The predicted molar refractivity (Wildman–Crippen MR) is 74.0 cm³/mol. The summed E-state index contributed by atoms with van der Waals surface area (Å²) in [4.78, 5) is 4.68. The first kappa shape index (κ1) is 11.5. The van der Waals surface area contributed by atoms with Gasteiger partial charge in [-0.1, -0.05) is 12.1 Å². The van der Waals surface area contributed by atoms with E-state index >= 15 is 0 Å². The zero-order chi connectivity index (χ0) is 12.7. The van der Waals surface area contributed by atoms with Crippen LogP contribution in [0.2, 0.25) is 0 Å². The lowest BCUT2D eigenvalue weighted by molar-refractivity contribution is 0.542. The van der Waals surface area contributed by atoms with E-state index < -0.39 is 0 Å². The summed E-state index contributed by atoms with van der Waals surface area (Å²) in [5.41, 5.74) is 9.76. The van der Waals surface area contributed by atoms with Crippen LogP contribution in [0.15, 0.2) is 39.6 Å². The molecule has 0 amide bonds. The number of rotatable bonds is 2. The Morgan fingerprint density at radius 3 is 2.89 bits per heavy atom. The molecule has 3 rings (SSSR count). The summed E-state index contributed by atoms with van der Waals surface area (Å²) in [6, 6.07) is 7.94. The molecule has 0 radical (unpaired) electrons. The number of aryl methyl sites for hydroxylation is 1. The van der Waals surface area contributed by atoms with E-state index in [1.54, 1.807) is 6.26 Å². The van der Waals surface area contributed by atoms with E-state index in [-0.39, 0.29) is 0 Å². The number of aromatic nitrogens is 2. The Balaban J connectivity index is 2.32. The van der Waals surface area contributed by atoms with Gasteiger partial charge >= 0.3 is 0 Å². The van der Waals surface area contributed by atoms with E-state index in [1.807, 2.05) is 35.9 Å². The van der Waals surface area contributed by atoms with Gasteiger partial charge in [0, 0.05) is 13.6 Å². The van der Waals surface area contributed by atoms with E-state index in [1.165, 1.54) is 0 Å². The fraction of sp³-hybridized carbons (Fsp3) is 0.154. The molecule has 5 heteroatoms. The Hall–Kier alpha value is -1.59. The number of hydrogen-bond donors (Lipinski definition) is 1. The third-order valence-corrected chi connectivity index (χ3v) is 3.69. The van der Waals surface area contributed by atoms with Gasteiger partial charge in [-0.15, -0.1) is 0 Å². The van der Waals surface area contributed by atoms with Crippen LogP contribution >= 0.6 is 15.9 Å². The van der Waals surface area contributed by atoms with Gasteiger partial charge in [0.1, 0.15) is 5.82 Å². The standard InChI is InChI=1S/C13H12BrN3O/c1-17-10-4-2-3-8(7-15)11(10)16-13(17)9-5-6-18-12(9)14/h2-6H,7,15H2,1H3. The normalized spacial score (nSPS) is 11.3. The molecule has 0 fully saturated rings. The minimum absolute atomic E-state index is 0.486. The number of halogens is 1. The first-order valence-corrected chi connectivity index (χ1v) is 6.39. The summed E-state index contributed by atoms with van der Waals surface area (Å²) in [7, 11) is 1.99. The van der Waals surface area contributed by atoms with Crippen molar-refractivity contribution in [2.45, 2.75) is 6.54 Å². The molecule has 0 spiro atoms. The zero-order valence-corrected chi connectivity index (χ0v) is 11.4. The van der Waals surface area contributed by atoms with E-state index in [4.69, 9.17) is 10.2 Å². The molecule has 0 saturated heterocycles. The molecule has 92 valence electrons. The van der Waals surface area contributed by atoms with Crippen LogP contribution in [-0.2, 0) is 13.6 Å². The molecule has 0 aliphatic heterocycles. The highest BCUT2D eigenvalue weighted by Gasteiger charge is 2.15. The van der Waals surface area contributed by atoms with Crippen molar-refractivity contribution in [3.05, 3.63) is 40.8 Å². The van der Waals surface area contributed by atoms with Crippen molar-refractivity contribution in [2.24, 2.45) is 12.8 Å². The van der Waals surface area contributed by atoms with Gasteiger partial charge in [0.15, 0.2) is 4.67 Å². The van der Waals surface area contributed by atoms with E-state index in [9.17, 15) is 0 Å². The van der Waals surface area contributed by atoms with Crippen LogP contribution in [0, 0.1) is 0 Å². The smallest absolute Gasteiger partial charge is 0.179 e. The van der Waals surface area contributed by atoms with Crippen LogP contribution in [0.5, 0.6) is 0 Å². The Labute approximate surface area is 113 Å². The minimum Gasteiger partial charge on any atom is -0.457 e. The molecule has 2 aromatic heterocycles. The van der Waals surface area contributed by atoms with Crippen molar-refractivity contribution in [2.75, 3.05) is 0 Å². The van der Waals surface area contributed by atoms with Gasteiger partial charge < -0.3 is 14.7 Å². The summed E-state index contributed by atoms with van der Waals surface area (Å²) >= 11 is 3.39. The van der Waals surface area contributed by atoms with Gasteiger partial charge in [0.2, 0.25) is 0 Å². The second kappa shape index (κ2) is 4.26. The SMILES string of the molecule is Cn1c(-c2ccoc2Br)nc2c(CN)cccc21. The molecule has 3 aromatic rings. The third kappa shape index (κ3) is 1.59. The maximum absolute atomic E-state index is 5.75. The van der Waals surface area contributed by atoms with E-state index in [2.05, 4.69) is 20.9 Å². The van der Waals surface area contributed by atoms with Gasteiger partial charge in [-0.2, -0.15) is 0 Å². The highest BCUT2D eigenvalue weighted by Crippen LogP contribution is 2.31. The quantitative estimate of drug-likeness (QED) is 0.791. The minimum atomic E-state index is 0.486. The molecule has 0 atom stereocenters. The molecule has 2 N–H and O–H groups in total. The highest BCUT2D eigenvalue weighted by atomic mass is 79.9. The predicted octanol–water partition coefficient (Wildman–Crippen LogP) is 3.05. The summed E-state index contributed by atoms with van der Waals surface area (Å²) in [5.74, 6) is 0.867. The second-order valence-electron chi connectivity index (χ2n) is 4.09. The van der Waals surface area contributed by atoms with Crippen LogP contribution in [-0.4, -0.2) is 9.55 Å². The average molecular weight is 306 g/mol. The number of hydrogen-bond acceptors (Lipinski definition) is 3. The van der Waals surface area contributed by atoms with Crippen LogP contribution in [0.3, 0.4) is 0 Å².